The van der Waals surface area contributed by atoms with Crippen LogP contribution in [0.3, 0.4) is 0 Å². The van der Waals surface area contributed by atoms with Crippen LogP contribution in [0.15, 0.2) is 21.2 Å². The number of methoxy groups -OCH3 is 1. The summed E-state index contributed by atoms with van der Waals surface area (Å²) in [6, 6.07) is 2.02. The molecule has 4 nitrogen and oxygen atoms in total. The summed E-state index contributed by atoms with van der Waals surface area (Å²) in [7, 11) is 1.72. The van der Waals surface area contributed by atoms with Crippen LogP contribution in [0.4, 0.5) is 0 Å². The van der Waals surface area contributed by atoms with Gasteiger partial charge in [0.2, 0.25) is 0 Å². The van der Waals surface area contributed by atoms with Crippen molar-refractivity contribution in [3.05, 3.63) is 26.9 Å². The molecule has 1 saturated heterocycles. The van der Waals surface area contributed by atoms with E-state index in [4.69, 9.17) is 9.47 Å². The van der Waals surface area contributed by atoms with Crippen molar-refractivity contribution in [1.82, 2.24) is 10.3 Å². The summed E-state index contributed by atoms with van der Waals surface area (Å²) in [5.74, 6) is 0.450. The van der Waals surface area contributed by atoms with Crippen molar-refractivity contribution in [3.8, 4) is 0 Å². The van der Waals surface area contributed by atoms with Crippen LogP contribution < -0.4 is 5.32 Å². The molecule has 0 aromatic carbocycles. The molecule has 20 heavy (non-hydrogen) atoms. The summed E-state index contributed by atoms with van der Waals surface area (Å²) >= 11 is 7.03. The lowest BCUT2D eigenvalue weighted by atomic mass is 9.92. The molecule has 2 atom stereocenters. The van der Waals surface area contributed by atoms with E-state index in [1.807, 2.05) is 12.3 Å². The second-order valence-corrected chi connectivity index (χ2v) is 6.68. The first-order chi connectivity index (χ1) is 9.72. The molecule has 1 aromatic heterocycles. The highest BCUT2D eigenvalue weighted by Gasteiger charge is 2.29. The van der Waals surface area contributed by atoms with Gasteiger partial charge in [-0.15, -0.1) is 0 Å². The summed E-state index contributed by atoms with van der Waals surface area (Å²) in [6.07, 6.45) is 4.16. The summed E-state index contributed by atoms with van der Waals surface area (Å²) in [6.45, 7) is 3.34. The van der Waals surface area contributed by atoms with E-state index in [2.05, 4.69) is 42.2 Å². The summed E-state index contributed by atoms with van der Waals surface area (Å²) < 4.78 is 13.0. The maximum atomic E-state index is 5.98. The third kappa shape index (κ3) is 4.49. The van der Waals surface area contributed by atoms with E-state index in [1.54, 1.807) is 7.11 Å². The fourth-order valence-electron chi connectivity index (χ4n) is 2.45. The lowest BCUT2D eigenvalue weighted by Crippen LogP contribution is -2.33. The SMILES string of the molecule is COCCNCC1CCCOC1c1ncc(Br)cc1Br. The number of nitrogens with one attached hydrogen (secondary N) is 1. The molecule has 1 aromatic rings. The number of ether oxygens (including phenoxy) is 2. The van der Waals surface area contributed by atoms with Crippen LogP contribution in [-0.4, -0.2) is 38.4 Å². The minimum Gasteiger partial charge on any atom is -0.383 e. The monoisotopic (exact) mass is 406 g/mol. The standard InChI is InChI=1S/C14H20Br2N2O2/c1-19-6-4-17-8-10-3-2-5-20-14(10)13-12(16)7-11(15)9-18-13/h7,9-10,14,17H,2-6,8H2,1H3. The van der Waals surface area contributed by atoms with Gasteiger partial charge in [0.15, 0.2) is 0 Å². The van der Waals surface area contributed by atoms with Crippen molar-refractivity contribution in [2.24, 2.45) is 5.92 Å². The molecular weight excluding hydrogens is 388 g/mol. The molecule has 0 amide bonds. The van der Waals surface area contributed by atoms with Crippen molar-refractivity contribution in [3.63, 3.8) is 0 Å². The number of pyridine rings is 1. The predicted octanol–water partition coefficient (Wildman–Crippen LogP) is 3.31. The minimum absolute atomic E-state index is 0.0567. The van der Waals surface area contributed by atoms with Gasteiger partial charge in [-0.05, 0) is 50.8 Å². The minimum atomic E-state index is 0.0567. The highest BCUT2D eigenvalue weighted by Crippen LogP contribution is 2.36. The van der Waals surface area contributed by atoms with E-state index >= 15 is 0 Å². The fourth-order valence-corrected chi connectivity index (χ4v) is 3.66. The molecule has 2 unspecified atom stereocenters. The van der Waals surface area contributed by atoms with Gasteiger partial charge in [-0.1, -0.05) is 0 Å². The highest BCUT2D eigenvalue weighted by molar-refractivity contribution is 9.11. The highest BCUT2D eigenvalue weighted by atomic mass is 79.9. The maximum Gasteiger partial charge on any atom is 0.105 e. The molecule has 2 heterocycles. The van der Waals surface area contributed by atoms with E-state index in [9.17, 15) is 0 Å². The van der Waals surface area contributed by atoms with Gasteiger partial charge in [-0.25, -0.2) is 0 Å². The first-order valence-electron chi connectivity index (χ1n) is 6.84. The molecule has 0 saturated carbocycles. The number of halogens is 2. The van der Waals surface area contributed by atoms with Crippen molar-refractivity contribution in [1.29, 1.82) is 0 Å². The number of hydrogen-bond donors (Lipinski definition) is 1. The molecule has 1 fully saturated rings. The Bertz CT molecular complexity index is 432. The Morgan fingerprint density at radius 1 is 1.50 bits per heavy atom. The lowest BCUT2D eigenvalue weighted by molar-refractivity contribution is -0.0309. The Morgan fingerprint density at radius 3 is 3.10 bits per heavy atom. The average molecular weight is 408 g/mol. The zero-order chi connectivity index (χ0) is 14.4. The van der Waals surface area contributed by atoms with Gasteiger partial charge in [0, 0.05) is 47.9 Å². The van der Waals surface area contributed by atoms with Gasteiger partial charge in [-0.2, -0.15) is 0 Å². The maximum absolute atomic E-state index is 5.98. The third-order valence-electron chi connectivity index (χ3n) is 3.44. The average Bonchev–Trinajstić information content (AvgIpc) is 2.44. The van der Waals surface area contributed by atoms with Crippen LogP contribution in [0.25, 0.3) is 0 Å². The molecule has 2 rings (SSSR count). The largest absolute Gasteiger partial charge is 0.383 e. The van der Waals surface area contributed by atoms with Gasteiger partial charge in [0.05, 0.1) is 12.3 Å². The van der Waals surface area contributed by atoms with Crippen LogP contribution in [0, 0.1) is 5.92 Å². The number of aromatic nitrogens is 1. The molecular formula is C14H20Br2N2O2. The van der Waals surface area contributed by atoms with E-state index in [0.29, 0.717) is 5.92 Å². The van der Waals surface area contributed by atoms with Crippen molar-refractivity contribution in [2.45, 2.75) is 18.9 Å². The molecule has 112 valence electrons. The topological polar surface area (TPSA) is 43.4 Å². The quantitative estimate of drug-likeness (QED) is 0.734. The van der Waals surface area contributed by atoms with Gasteiger partial charge in [0.25, 0.3) is 0 Å². The molecule has 1 N–H and O–H groups in total. The van der Waals surface area contributed by atoms with Gasteiger partial charge in [-0.3, -0.25) is 4.98 Å². The second-order valence-electron chi connectivity index (χ2n) is 4.91. The number of nitrogens with zero attached hydrogens (tertiary/aromatic N) is 1. The molecule has 0 aliphatic carbocycles. The van der Waals surface area contributed by atoms with Crippen molar-refractivity contribution < 1.29 is 9.47 Å². The fraction of sp³-hybridized carbons (Fsp3) is 0.643. The van der Waals surface area contributed by atoms with Crippen LogP contribution in [0.5, 0.6) is 0 Å². The Balaban J connectivity index is 2.02. The van der Waals surface area contributed by atoms with Gasteiger partial charge < -0.3 is 14.8 Å². The Labute approximate surface area is 136 Å². The molecule has 1 aliphatic heterocycles. The Kier molecular flexibility index (Phi) is 6.90. The van der Waals surface area contributed by atoms with Gasteiger partial charge in [0.1, 0.15) is 6.10 Å². The van der Waals surface area contributed by atoms with Gasteiger partial charge >= 0.3 is 0 Å². The van der Waals surface area contributed by atoms with Crippen LogP contribution >= 0.6 is 31.9 Å². The zero-order valence-corrected chi connectivity index (χ0v) is 14.7. The number of hydrogen-bond acceptors (Lipinski definition) is 4. The van der Waals surface area contributed by atoms with Crippen molar-refractivity contribution >= 4 is 31.9 Å². The molecule has 0 spiro atoms. The first kappa shape index (κ1) is 16.4. The molecule has 1 aliphatic rings. The molecule has 0 bridgehead atoms. The molecule has 6 heteroatoms. The smallest absolute Gasteiger partial charge is 0.105 e. The molecule has 0 radical (unpaired) electrons. The van der Waals surface area contributed by atoms with Crippen LogP contribution in [-0.2, 0) is 9.47 Å². The Morgan fingerprint density at radius 2 is 2.35 bits per heavy atom. The second kappa shape index (κ2) is 8.44. The summed E-state index contributed by atoms with van der Waals surface area (Å²) in [4.78, 5) is 4.52. The lowest BCUT2D eigenvalue weighted by Gasteiger charge is -2.32. The van der Waals surface area contributed by atoms with Crippen LogP contribution in [0.2, 0.25) is 0 Å². The third-order valence-corrected chi connectivity index (χ3v) is 4.51. The summed E-state index contributed by atoms with van der Waals surface area (Å²) in [5, 5.41) is 3.43. The zero-order valence-electron chi connectivity index (χ0n) is 11.6. The Hall–Kier alpha value is -0.0100. The predicted molar refractivity (Wildman–Crippen MR) is 85.8 cm³/mol. The normalized spacial score (nSPS) is 22.9. The van der Waals surface area contributed by atoms with E-state index in [1.165, 1.54) is 0 Å². The van der Waals surface area contributed by atoms with Crippen LogP contribution in [0.1, 0.15) is 24.6 Å². The van der Waals surface area contributed by atoms with E-state index in [-0.39, 0.29) is 6.10 Å². The van der Waals surface area contributed by atoms with E-state index in [0.717, 1.165) is 53.8 Å². The number of rotatable bonds is 6. The first-order valence-corrected chi connectivity index (χ1v) is 8.43. The van der Waals surface area contributed by atoms with Crippen molar-refractivity contribution in [2.75, 3.05) is 33.4 Å². The summed E-state index contributed by atoms with van der Waals surface area (Å²) in [5.41, 5.74) is 0.992. The van der Waals surface area contributed by atoms with E-state index < -0.39 is 0 Å².